The van der Waals surface area contributed by atoms with Crippen molar-refractivity contribution >= 4 is 5.91 Å². The molecule has 0 radical (unpaired) electrons. The summed E-state index contributed by atoms with van der Waals surface area (Å²) in [4.78, 5) is 12.6. The highest BCUT2D eigenvalue weighted by atomic mass is 16.5. The highest BCUT2D eigenvalue weighted by Crippen LogP contribution is 2.49. The van der Waals surface area contributed by atoms with Crippen LogP contribution in [0.25, 0.3) is 0 Å². The molecule has 29 heavy (non-hydrogen) atoms. The zero-order chi connectivity index (χ0) is 21.0. The van der Waals surface area contributed by atoms with Gasteiger partial charge >= 0.3 is 0 Å². The number of hydrogen-bond acceptors (Lipinski definition) is 4. The van der Waals surface area contributed by atoms with Gasteiger partial charge in [-0.15, -0.1) is 0 Å². The number of para-hydroxylation sites is 1. The van der Waals surface area contributed by atoms with Crippen LogP contribution < -0.4 is 10.1 Å². The second-order valence-corrected chi connectivity index (χ2v) is 9.30. The van der Waals surface area contributed by atoms with Gasteiger partial charge in [-0.05, 0) is 45.6 Å². The Balaban J connectivity index is 1.87. The van der Waals surface area contributed by atoms with Crippen molar-refractivity contribution in [3.63, 3.8) is 0 Å². The predicted molar refractivity (Wildman–Crippen MR) is 114 cm³/mol. The predicted octanol–water partition coefficient (Wildman–Crippen LogP) is 4.65. The summed E-state index contributed by atoms with van der Waals surface area (Å²) < 4.78 is 17.8. The lowest BCUT2D eigenvalue weighted by Gasteiger charge is -2.52. The monoisotopic (exact) mass is 403 g/mol. The second kappa shape index (κ2) is 9.48. The van der Waals surface area contributed by atoms with Crippen LogP contribution in [0.4, 0.5) is 0 Å². The zero-order valence-corrected chi connectivity index (χ0v) is 18.6. The third kappa shape index (κ3) is 5.32. The summed E-state index contributed by atoms with van der Waals surface area (Å²) in [5.74, 6) is 1.91. The molecule has 3 rings (SSSR count). The van der Waals surface area contributed by atoms with Crippen LogP contribution in [-0.4, -0.2) is 37.4 Å². The molecule has 2 fully saturated rings. The van der Waals surface area contributed by atoms with Crippen LogP contribution in [0.2, 0.25) is 0 Å². The van der Waals surface area contributed by atoms with Crippen LogP contribution in [-0.2, 0) is 14.3 Å². The molecule has 0 unspecified atom stereocenters. The van der Waals surface area contributed by atoms with E-state index in [1.165, 1.54) is 6.42 Å². The first kappa shape index (κ1) is 22.1. The van der Waals surface area contributed by atoms with Crippen molar-refractivity contribution < 1.29 is 19.0 Å². The van der Waals surface area contributed by atoms with Gasteiger partial charge in [0.25, 0.3) is 0 Å². The number of nitrogens with one attached hydrogen (secondary N) is 1. The molecule has 1 saturated heterocycles. The first-order valence-corrected chi connectivity index (χ1v) is 11.0. The average molecular weight is 404 g/mol. The summed E-state index contributed by atoms with van der Waals surface area (Å²) >= 11 is 0. The van der Waals surface area contributed by atoms with Crippen molar-refractivity contribution in [3.8, 4) is 5.75 Å². The molecule has 0 aromatic heterocycles. The van der Waals surface area contributed by atoms with Crippen molar-refractivity contribution in [1.29, 1.82) is 0 Å². The van der Waals surface area contributed by atoms with Crippen LogP contribution in [0.15, 0.2) is 24.3 Å². The number of carbonyl (C=O) groups excluding carboxylic acids is 1. The maximum Gasteiger partial charge on any atom is 0.222 e. The molecule has 1 aliphatic carbocycles. The number of hydrogen-bond donors (Lipinski definition) is 1. The van der Waals surface area contributed by atoms with Gasteiger partial charge in [0.2, 0.25) is 5.91 Å². The number of amides is 1. The molecular weight excluding hydrogens is 366 g/mol. The van der Waals surface area contributed by atoms with E-state index in [9.17, 15) is 4.79 Å². The van der Waals surface area contributed by atoms with Crippen LogP contribution in [0, 0.1) is 11.8 Å². The third-order valence-corrected chi connectivity index (χ3v) is 6.41. The molecule has 1 N–H and O–H groups in total. The van der Waals surface area contributed by atoms with Crippen LogP contribution in [0.5, 0.6) is 5.75 Å². The van der Waals surface area contributed by atoms with Gasteiger partial charge in [0.1, 0.15) is 5.75 Å². The van der Waals surface area contributed by atoms with Gasteiger partial charge in [-0.3, -0.25) is 4.79 Å². The van der Waals surface area contributed by atoms with Gasteiger partial charge in [0.15, 0.2) is 0 Å². The van der Waals surface area contributed by atoms with E-state index in [1.54, 1.807) is 7.11 Å². The lowest BCUT2D eigenvalue weighted by atomic mass is 9.66. The summed E-state index contributed by atoms with van der Waals surface area (Å²) in [6, 6.07) is 8.15. The topological polar surface area (TPSA) is 56.8 Å². The molecule has 162 valence electrons. The molecule has 1 aromatic rings. The summed E-state index contributed by atoms with van der Waals surface area (Å²) in [5.41, 5.74) is 0.777. The largest absolute Gasteiger partial charge is 0.491 e. The minimum Gasteiger partial charge on any atom is -0.491 e. The Morgan fingerprint density at radius 3 is 2.79 bits per heavy atom. The Labute approximate surface area is 175 Å². The van der Waals surface area contributed by atoms with Crippen molar-refractivity contribution in [2.24, 2.45) is 11.8 Å². The first-order valence-electron chi connectivity index (χ1n) is 11.0. The van der Waals surface area contributed by atoms with E-state index in [-0.39, 0.29) is 29.8 Å². The lowest BCUT2D eigenvalue weighted by Crippen LogP contribution is -2.60. The van der Waals surface area contributed by atoms with Crippen LogP contribution in [0.1, 0.15) is 71.5 Å². The lowest BCUT2D eigenvalue weighted by molar-refractivity contribution is -0.154. The second-order valence-electron chi connectivity index (χ2n) is 9.30. The molecule has 1 aromatic carbocycles. The smallest absolute Gasteiger partial charge is 0.222 e. The minimum atomic E-state index is -0.302. The van der Waals surface area contributed by atoms with Gasteiger partial charge in [0, 0.05) is 37.0 Å². The Morgan fingerprint density at radius 2 is 2.07 bits per heavy atom. The van der Waals surface area contributed by atoms with Crippen molar-refractivity contribution in [3.05, 3.63) is 29.8 Å². The first-order chi connectivity index (χ1) is 13.8. The van der Waals surface area contributed by atoms with E-state index >= 15 is 0 Å². The number of ether oxygens (including phenoxy) is 3. The molecular formula is C24H37NO4. The summed E-state index contributed by atoms with van der Waals surface area (Å²) in [6.45, 7) is 9.02. The maximum atomic E-state index is 12.6. The molecule has 1 heterocycles. The number of methoxy groups -OCH3 is 1. The fourth-order valence-corrected chi connectivity index (χ4v) is 5.01. The molecule has 1 saturated carbocycles. The van der Waals surface area contributed by atoms with Crippen molar-refractivity contribution in [2.75, 3.05) is 13.7 Å². The van der Waals surface area contributed by atoms with Crippen LogP contribution >= 0.6 is 0 Å². The fraction of sp³-hybridized carbons (Fsp3) is 0.708. The number of benzene rings is 1. The number of fused-ring (bicyclic) bond motifs is 1. The van der Waals surface area contributed by atoms with E-state index < -0.39 is 0 Å². The molecule has 0 spiro atoms. The molecule has 0 bridgehead atoms. The van der Waals surface area contributed by atoms with Crippen molar-refractivity contribution in [2.45, 2.75) is 83.6 Å². The average Bonchev–Trinajstić information content (AvgIpc) is 2.65. The van der Waals surface area contributed by atoms with Gasteiger partial charge in [-0.25, -0.2) is 0 Å². The van der Waals surface area contributed by atoms with Gasteiger partial charge < -0.3 is 19.5 Å². The molecule has 5 atom stereocenters. The molecule has 2 aliphatic rings. The molecule has 5 nitrogen and oxygen atoms in total. The molecule has 1 aliphatic heterocycles. The Bertz CT molecular complexity index is 691. The SMILES string of the molecule is COCCC(=O)N[C@]1(C)C[C@H](c2ccccc2OC(C)C)O[C@@H]2C[C@H](C)CC[C@H]21. The van der Waals surface area contributed by atoms with Gasteiger partial charge in [-0.1, -0.05) is 31.5 Å². The van der Waals surface area contributed by atoms with E-state index in [4.69, 9.17) is 14.2 Å². The molecule has 1 amide bonds. The molecule has 5 heteroatoms. The quantitative estimate of drug-likeness (QED) is 0.720. The highest BCUT2D eigenvalue weighted by molar-refractivity contribution is 5.77. The minimum absolute atomic E-state index is 0.0547. The fourth-order valence-electron chi connectivity index (χ4n) is 5.01. The highest BCUT2D eigenvalue weighted by Gasteiger charge is 2.49. The maximum absolute atomic E-state index is 12.6. The van der Waals surface area contributed by atoms with E-state index in [1.807, 2.05) is 32.0 Å². The summed E-state index contributed by atoms with van der Waals surface area (Å²) in [7, 11) is 1.63. The Hall–Kier alpha value is -1.59. The number of carbonyl (C=O) groups is 1. The summed E-state index contributed by atoms with van der Waals surface area (Å²) in [6.07, 6.45) is 4.61. The van der Waals surface area contributed by atoms with E-state index in [0.717, 1.165) is 30.6 Å². The Morgan fingerprint density at radius 1 is 1.31 bits per heavy atom. The van der Waals surface area contributed by atoms with Crippen molar-refractivity contribution in [1.82, 2.24) is 5.32 Å². The number of rotatable bonds is 7. The van der Waals surface area contributed by atoms with E-state index in [2.05, 4.69) is 25.2 Å². The Kier molecular flexibility index (Phi) is 7.23. The normalized spacial score (nSPS) is 31.9. The standard InChI is InChI=1S/C24H37NO4/c1-16(2)28-20-9-7-6-8-18(20)22-15-24(4,25-23(26)12-13-27-5)19-11-10-17(3)14-21(19)29-22/h6-9,16-17,19,21-22H,10-15H2,1-5H3,(H,25,26)/t17-,19-,21-,22-,24-/m1/s1. The third-order valence-electron chi connectivity index (χ3n) is 6.41. The van der Waals surface area contributed by atoms with Gasteiger partial charge in [-0.2, -0.15) is 0 Å². The zero-order valence-electron chi connectivity index (χ0n) is 18.6. The van der Waals surface area contributed by atoms with E-state index in [0.29, 0.717) is 24.9 Å². The summed E-state index contributed by atoms with van der Waals surface area (Å²) in [5, 5.41) is 3.36. The van der Waals surface area contributed by atoms with Crippen LogP contribution in [0.3, 0.4) is 0 Å². The van der Waals surface area contributed by atoms with Gasteiger partial charge in [0.05, 0.1) is 24.9 Å².